The Bertz CT molecular complexity index is 1170. The van der Waals surface area contributed by atoms with Crippen LogP contribution in [0.3, 0.4) is 0 Å². The van der Waals surface area contributed by atoms with Gasteiger partial charge in [-0.05, 0) is 66.4 Å². The molecular formula is C23H22N2O4S2. The molecule has 160 valence electrons. The van der Waals surface area contributed by atoms with Gasteiger partial charge in [-0.1, -0.05) is 24.3 Å². The van der Waals surface area contributed by atoms with E-state index >= 15 is 0 Å². The molecule has 0 saturated heterocycles. The van der Waals surface area contributed by atoms with Crippen LogP contribution in [0.1, 0.15) is 5.56 Å². The predicted molar refractivity (Wildman–Crippen MR) is 126 cm³/mol. The molecule has 31 heavy (non-hydrogen) atoms. The molecule has 0 saturated carbocycles. The Morgan fingerprint density at radius 2 is 1.65 bits per heavy atom. The summed E-state index contributed by atoms with van der Waals surface area (Å²) in [4.78, 5) is 13.3. The molecule has 1 amide bonds. The summed E-state index contributed by atoms with van der Waals surface area (Å²) >= 11 is 1.63. The minimum Gasteiger partial charge on any atom is -0.495 e. The number of carbonyl (C=O) groups is 1. The van der Waals surface area contributed by atoms with E-state index in [2.05, 4.69) is 10.0 Å². The Morgan fingerprint density at radius 3 is 2.29 bits per heavy atom. The van der Waals surface area contributed by atoms with Gasteiger partial charge >= 0.3 is 0 Å². The molecule has 0 atom stereocenters. The van der Waals surface area contributed by atoms with Crippen LogP contribution >= 0.6 is 11.8 Å². The van der Waals surface area contributed by atoms with Crippen LogP contribution in [0.15, 0.2) is 88.7 Å². The number of methoxy groups -OCH3 is 1. The lowest BCUT2D eigenvalue weighted by Crippen LogP contribution is -2.13. The van der Waals surface area contributed by atoms with E-state index in [0.717, 1.165) is 4.90 Å². The summed E-state index contributed by atoms with van der Waals surface area (Å²) in [5, 5.41) is 2.78. The number of hydrogen-bond donors (Lipinski definition) is 2. The second-order valence-corrected chi connectivity index (χ2v) is 8.99. The molecule has 0 aliphatic carbocycles. The number of rotatable bonds is 8. The minimum atomic E-state index is -3.78. The second-order valence-electron chi connectivity index (χ2n) is 6.43. The first-order valence-corrected chi connectivity index (χ1v) is 12.0. The Balaban J connectivity index is 1.65. The maximum Gasteiger partial charge on any atom is 0.262 e. The molecule has 0 spiro atoms. The van der Waals surface area contributed by atoms with Crippen LogP contribution in [0.4, 0.5) is 11.4 Å². The molecule has 0 bridgehead atoms. The van der Waals surface area contributed by atoms with Crippen molar-refractivity contribution in [2.45, 2.75) is 9.79 Å². The highest BCUT2D eigenvalue weighted by atomic mass is 32.2. The highest BCUT2D eigenvalue weighted by Gasteiger charge is 2.16. The van der Waals surface area contributed by atoms with Crippen LogP contribution in [0.25, 0.3) is 6.08 Å². The number of para-hydroxylation sites is 2. The summed E-state index contributed by atoms with van der Waals surface area (Å²) in [5.41, 5.74) is 1.76. The van der Waals surface area contributed by atoms with Crippen molar-refractivity contribution in [2.24, 2.45) is 0 Å². The van der Waals surface area contributed by atoms with Crippen LogP contribution in [0.2, 0.25) is 0 Å². The monoisotopic (exact) mass is 454 g/mol. The highest BCUT2D eigenvalue weighted by molar-refractivity contribution is 7.98. The van der Waals surface area contributed by atoms with Crippen molar-refractivity contribution >= 4 is 45.1 Å². The molecule has 0 aliphatic heterocycles. The lowest BCUT2D eigenvalue weighted by Gasteiger charge is -2.11. The number of amides is 1. The maximum absolute atomic E-state index is 12.6. The van der Waals surface area contributed by atoms with Crippen LogP contribution in [-0.2, 0) is 14.8 Å². The average Bonchev–Trinajstić information content (AvgIpc) is 2.78. The van der Waals surface area contributed by atoms with Crippen molar-refractivity contribution in [1.29, 1.82) is 0 Å². The standard InChI is InChI=1S/C23H22N2O4S2/c1-29-22-6-4-3-5-21(22)25-31(27,28)20-14-7-17(8-15-20)9-16-23(26)24-18-10-12-19(30-2)13-11-18/h3-16,25H,1-2H3,(H,24,26)/b16-9+. The molecule has 8 heteroatoms. The summed E-state index contributed by atoms with van der Waals surface area (Å²) in [6.45, 7) is 0. The van der Waals surface area contributed by atoms with Crippen molar-refractivity contribution in [2.75, 3.05) is 23.4 Å². The molecule has 0 radical (unpaired) electrons. The number of benzene rings is 3. The zero-order valence-corrected chi connectivity index (χ0v) is 18.7. The molecular weight excluding hydrogens is 432 g/mol. The fraction of sp³-hybridized carbons (Fsp3) is 0.0870. The molecule has 6 nitrogen and oxygen atoms in total. The Kier molecular flexibility index (Phi) is 7.38. The van der Waals surface area contributed by atoms with Gasteiger partial charge in [-0.25, -0.2) is 8.42 Å². The zero-order valence-electron chi connectivity index (χ0n) is 17.0. The van der Waals surface area contributed by atoms with Gasteiger partial charge in [0, 0.05) is 16.7 Å². The van der Waals surface area contributed by atoms with E-state index in [4.69, 9.17) is 4.74 Å². The van der Waals surface area contributed by atoms with Crippen LogP contribution < -0.4 is 14.8 Å². The summed E-state index contributed by atoms with van der Waals surface area (Å²) < 4.78 is 33.0. The van der Waals surface area contributed by atoms with E-state index < -0.39 is 10.0 Å². The van der Waals surface area contributed by atoms with Crippen molar-refractivity contribution in [3.63, 3.8) is 0 Å². The van der Waals surface area contributed by atoms with Gasteiger partial charge in [-0.15, -0.1) is 11.8 Å². The molecule has 3 rings (SSSR count). The SMILES string of the molecule is COc1ccccc1NS(=O)(=O)c1ccc(/C=C/C(=O)Nc2ccc(SC)cc2)cc1. The summed E-state index contributed by atoms with van der Waals surface area (Å²) in [6.07, 6.45) is 5.01. The first-order valence-electron chi connectivity index (χ1n) is 9.30. The smallest absolute Gasteiger partial charge is 0.262 e. The molecule has 0 aromatic heterocycles. The maximum atomic E-state index is 12.6. The molecule has 0 heterocycles. The van der Waals surface area contributed by atoms with Gasteiger partial charge in [0.25, 0.3) is 10.0 Å². The summed E-state index contributed by atoms with van der Waals surface area (Å²) in [6, 6.07) is 20.6. The van der Waals surface area contributed by atoms with Gasteiger partial charge in [-0.2, -0.15) is 0 Å². The average molecular weight is 455 g/mol. The van der Waals surface area contributed by atoms with E-state index in [1.54, 1.807) is 54.2 Å². The van der Waals surface area contributed by atoms with E-state index in [0.29, 0.717) is 22.7 Å². The Labute approximate surface area is 186 Å². The Hall–Kier alpha value is -3.23. The lowest BCUT2D eigenvalue weighted by molar-refractivity contribution is -0.111. The topological polar surface area (TPSA) is 84.5 Å². The number of anilines is 2. The van der Waals surface area contributed by atoms with Crippen molar-refractivity contribution in [3.8, 4) is 5.75 Å². The van der Waals surface area contributed by atoms with E-state index in [1.807, 2.05) is 30.5 Å². The van der Waals surface area contributed by atoms with E-state index in [-0.39, 0.29) is 10.8 Å². The largest absolute Gasteiger partial charge is 0.495 e. The van der Waals surface area contributed by atoms with Crippen molar-refractivity contribution in [3.05, 3.63) is 84.4 Å². The first kappa shape index (κ1) is 22.5. The third-order valence-corrected chi connectivity index (χ3v) is 6.45. The first-order chi connectivity index (χ1) is 14.9. The quantitative estimate of drug-likeness (QED) is 0.375. The van der Waals surface area contributed by atoms with Gasteiger partial charge < -0.3 is 10.1 Å². The highest BCUT2D eigenvalue weighted by Crippen LogP contribution is 2.26. The van der Waals surface area contributed by atoms with Gasteiger partial charge in [-0.3, -0.25) is 9.52 Å². The fourth-order valence-corrected chi connectivity index (χ4v) is 4.20. The summed E-state index contributed by atoms with van der Waals surface area (Å²) in [5.74, 6) is 0.158. The number of nitrogens with one attached hydrogen (secondary N) is 2. The van der Waals surface area contributed by atoms with Gasteiger partial charge in [0.2, 0.25) is 5.91 Å². The fourth-order valence-electron chi connectivity index (χ4n) is 2.72. The van der Waals surface area contributed by atoms with E-state index in [1.165, 1.54) is 25.3 Å². The van der Waals surface area contributed by atoms with Crippen LogP contribution in [-0.4, -0.2) is 27.7 Å². The van der Waals surface area contributed by atoms with Crippen LogP contribution in [0.5, 0.6) is 5.75 Å². The van der Waals surface area contributed by atoms with Gasteiger partial charge in [0.15, 0.2) is 0 Å². The Morgan fingerprint density at radius 1 is 0.968 bits per heavy atom. The molecule has 0 fully saturated rings. The number of hydrogen-bond acceptors (Lipinski definition) is 5. The molecule has 3 aromatic rings. The van der Waals surface area contributed by atoms with Gasteiger partial charge in [0.1, 0.15) is 5.75 Å². The third kappa shape index (κ3) is 6.13. The third-order valence-electron chi connectivity index (χ3n) is 4.33. The summed E-state index contributed by atoms with van der Waals surface area (Å²) in [7, 11) is -2.30. The minimum absolute atomic E-state index is 0.105. The normalized spacial score (nSPS) is 11.3. The predicted octanol–water partition coefficient (Wildman–Crippen LogP) is 4.87. The zero-order chi connectivity index (χ0) is 22.3. The van der Waals surface area contributed by atoms with Crippen molar-refractivity contribution < 1.29 is 17.9 Å². The molecule has 3 aromatic carbocycles. The van der Waals surface area contributed by atoms with E-state index in [9.17, 15) is 13.2 Å². The lowest BCUT2D eigenvalue weighted by atomic mass is 10.2. The number of sulfonamides is 1. The molecule has 0 unspecified atom stereocenters. The molecule has 0 aliphatic rings. The second kappa shape index (κ2) is 10.2. The number of ether oxygens (including phenoxy) is 1. The molecule has 2 N–H and O–H groups in total. The number of thioether (sulfide) groups is 1. The van der Waals surface area contributed by atoms with Crippen molar-refractivity contribution in [1.82, 2.24) is 0 Å². The van der Waals surface area contributed by atoms with Crippen LogP contribution in [0, 0.1) is 0 Å². The number of carbonyl (C=O) groups excluding carboxylic acids is 1. The van der Waals surface area contributed by atoms with Gasteiger partial charge in [0.05, 0.1) is 17.7 Å².